The van der Waals surface area contributed by atoms with E-state index in [1.807, 2.05) is 0 Å². The zero-order valence-electron chi connectivity index (χ0n) is 14.9. The first-order chi connectivity index (χ1) is 11.2. The molecule has 0 atom stereocenters. The molecule has 23 heavy (non-hydrogen) atoms. The number of aliphatic imine (C=N–C) groups is 1. The molecule has 0 fully saturated rings. The Morgan fingerprint density at radius 3 is 2.57 bits per heavy atom. The summed E-state index contributed by atoms with van der Waals surface area (Å²) in [5, 5.41) is 6.65. The Morgan fingerprint density at radius 2 is 1.87 bits per heavy atom. The fraction of sp³-hybridized carbons (Fsp3) is 0.611. The van der Waals surface area contributed by atoms with Crippen LogP contribution >= 0.6 is 0 Å². The molecule has 5 nitrogen and oxygen atoms in total. The molecule has 0 heterocycles. The highest BCUT2D eigenvalue weighted by molar-refractivity contribution is 5.79. The van der Waals surface area contributed by atoms with Crippen molar-refractivity contribution in [3.8, 4) is 0 Å². The number of hydrogen-bond acceptors (Lipinski definition) is 3. The number of nitrogens with zero attached hydrogens (tertiary/aromatic N) is 1. The Morgan fingerprint density at radius 1 is 1.09 bits per heavy atom. The molecule has 0 aliphatic rings. The highest BCUT2D eigenvalue weighted by Gasteiger charge is 2.00. The van der Waals surface area contributed by atoms with Crippen LogP contribution in [-0.2, 0) is 15.9 Å². The average molecular weight is 321 g/mol. The topological polar surface area (TPSA) is 54.9 Å². The van der Waals surface area contributed by atoms with E-state index in [4.69, 9.17) is 9.47 Å². The van der Waals surface area contributed by atoms with E-state index in [1.54, 1.807) is 14.2 Å². The van der Waals surface area contributed by atoms with Gasteiger partial charge in [0.1, 0.15) is 0 Å². The summed E-state index contributed by atoms with van der Waals surface area (Å²) in [6.45, 7) is 8.03. The van der Waals surface area contributed by atoms with Crippen LogP contribution in [0.4, 0.5) is 0 Å². The van der Waals surface area contributed by atoms with Crippen molar-refractivity contribution in [3.05, 3.63) is 34.9 Å². The molecule has 130 valence electrons. The number of aryl methyl sites for hydroxylation is 2. The Kier molecular flexibility index (Phi) is 10.1. The van der Waals surface area contributed by atoms with E-state index in [1.165, 1.54) is 16.7 Å². The van der Waals surface area contributed by atoms with Gasteiger partial charge in [0.25, 0.3) is 0 Å². The molecule has 0 aliphatic heterocycles. The van der Waals surface area contributed by atoms with Crippen molar-refractivity contribution < 1.29 is 9.47 Å². The SMILES string of the molecule is CN=C(NCCCOCCOC)NCCc1ccc(C)cc1C. The molecule has 1 rings (SSSR count). The van der Waals surface area contributed by atoms with Gasteiger partial charge in [0.2, 0.25) is 0 Å². The summed E-state index contributed by atoms with van der Waals surface area (Å²) in [6.07, 6.45) is 1.94. The number of benzene rings is 1. The van der Waals surface area contributed by atoms with Gasteiger partial charge in [-0.15, -0.1) is 0 Å². The first-order valence-corrected chi connectivity index (χ1v) is 8.24. The number of ether oxygens (including phenoxy) is 2. The van der Waals surface area contributed by atoms with E-state index in [9.17, 15) is 0 Å². The minimum absolute atomic E-state index is 0.648. The van der Waals surface area contributed by atoms with Crippen molar-refractivity contribution in [2.24, 2.45) is 4.99 Å². The van der Waals surface area contributed by atoms with E-state index in [-0.39, 0.29) is 0 Å². The summed E-state index contributed by atoms with van der Waals surface area (Å²) in [4.78, 5) is 4.24. The van der Waals surface area contributed by atoms with E-state index >= 15 is 0 Å². The largest absolute Gasteiger partial charge is 0.382 e. The maximum atomic E-state index is 5.43. The van der Waals surface area contributed by atoms with E-state index in [0.29, 0.717) is 13.2 Å². The van der Waals surface area contributed by atoms with Gasteiger partial charge in [-0.1, -0.05) is 23.8 Å². The molecule has 0 spiro atoms. The van der Waals surface area contributed by atoms with Gasteiger partial charge in [-0.25, -0.2) is 0 Å². The second kappa shape index (κ2) is 11.9. The Balaban J connectivity index is 2.16. The van der Waals surface area contributed by atoms with Crippen molar-refractivity contribution in [1.29, 1.82) is 0 Å². The van der Waals surface area contributed by atoms with Crippen LogP contribution in [-0.4, -0.2) is 53.0 Å². The molecule has 0 bridgehead atoms. The zero-order valence-corrected chi connectivity index (χ0v) is 14.9. The van der Waals surface area contributed by atoms with Gasteiger partial charge in [0, 0.05) is 33.9 Å². The van der Waals surface area contributed by atoms with E-state index < -0.39 is 0 Å². The van der Waals surface area contributed by atoms with Crippen LogP contribution in [0.2, 0.25) is 0 Å². The molecule has 0 aromatic heterocycles. The Hall–Kier alpha value is -1.59. The number of methoxy groups -OCH3 is 1. The lowest BCUT2D eigenvalue weighted by atomic mass is 10.0. The number of rotatable bonds is 10. The fourth-order valence-electron chi connectivity index (χ4n) is 2.29. The lowest BCUT2D eigenvalue weighted by molar-refractivity contribution is 0.0698. The van der Waals surface area contributed by atoms with Crippen molar-refractivity contribution in [3.63, 3.8) is 0 Å². The van der Waals surface area contributed by atoms with Gasteiger partial charge >= 0.3 is 0 Å². The maximum Gasteiger partial charge on any atom is 0.190 e. The quantitative estimate of drug-likeness (QED) is 0.393. The molecular formula is C18H31N3O2. The Labute approximate surface area is 140 Å². The standard InChI is InChI=1S/C18H31N3O2/c1-15-6-7-17(16(2)14-15)8-10-21-18(19-3)20-9-5-11-23-13-12-22-4/h6-7,14H,5,8-13H2,1-4H3,(H2,19,20,21). The van der Waals surface area contributed by atoms with Gasteiger partial charge in [0.05, 0.1) is 13.2 Å². The smallest absolute Gasteiger partial charge is 0.190 e. The van der Waals surface area contributed by atoms with Crippen LogP contribution in [0.25, 0.3) is 0 Å². The predicted octanol–water partition coefficient (Wildman–Crippen LogP) is 2.06. The number of guanidine groups is 1. The molecule has 0 saturated carbocycles. The lowest BCUT2D eigenvalue weighted by Gasteiger charge is -2.13. The summed E-state index contributed by atoms with van der Waals surface area (Å²) in [6, 6.07) is 6.60. The van der Waals surface area contributed by atoms with Crippen LogP contribution in [0, 0.1) is 13.8 Å². The van der Waals surface area contributed by atoms with Gasteiger partial charge in [-0.2, -0.15) is 0 Å². The van der Waals surface area contributed by atoms with Gasteiger partial charge < -0.3 is 20.1 Å². The van der Waals surface area contributed by atoms with E-state index in [2.05, 4.69) is 47.7 Å². The minimum atomic E-state index is 0.648. The zero-order chi connectivity index (χ0) is 16.9. The van der Waals surface area contributed by atoms with Gasteiger partial charge in [0.15, 0.2) is 5.96 Å². The summed E-state index contributed by atoms with van der Waals surface area (Å²) >= 11 is 0. The summed E-state index contributed by atoms with van der Waals surface area (Å²) in [5.74, 6) is 0.839. The van der Waals surface area contributed by atoms with Crippen LogP contribution in [0.15, 0.2) is 23.2 Å². The molecule has 0 aliphatic carbocycles. The minimum Gasteiger partial charge on any atom is -0.382 e. The second-order valence-corrected chi connectivity index (χ2v) is 5.56. The first-order valence-electron chi connectivity index (χ1n) is 8.24. The van der Waals surface area contributed by atoms with Gasteiger partial charge in [-0.3, -0.25) is 4.99 Å². The second-order valence-electron chi connectivity index (χ2n) is 5.56. The first kappa shape index (κ1) is 19.5. The van der Waals surface area contributed by atoms with Crippen LogP contribution in [0.1, 0.15) is 23.1 Å². The third-order valence-electron chi connectivity index (χ3n) is 3.60. The molecule has 0 saturated heterocycles. The molecule has 0 amide bonds. The number of nitrogens with one attached hydrogen (secondary N) is 2. The highest BCUT2D eigenvalue weighted by Crippen LogP contribution is 2.10. The average Bonchev–Trinajstić information content (AvgIpc) is 2.54. The van der Waals surface area contributed by atoms with Crippen molar-refractivity contribution >= 4 is 5.96 Å². The maximum absolute atomic E-state index is 5.43. The molecular weight excluding hydrogens is 290 g/mol. The predicted molar refractivity (Wildman–Crippen MR) is 96.3 cm³/mol. The molecule has 1 aromatic rings. The van der Waals surface area contributed by atoms with Crippen molar-refractivity contribution in [1.82, 2.24) is 10.6 Å². The van der Waals surface area contributed by atoms with E-state index in [0.717, 1.165) is 38.5 Å². The van der Waals surface area contributed by atoms with Crippen molar-refractivity contribution in [2.75, 3.05) is 47.1 Å². The monoisotopic (exact) mass is 321 g/mol. The molecule has 2 N–H and O–H groups in total. The third-order valence-corrected chi connectivity index (χ3v) is 3.60. The van der Waals surface area contributed by atoms with Crippen LogP contribution in [0.5, 0.6) is 0 Å². The summed E-state index contributed by atoms with van der Waals surface area (Å²) in [7, 11) is 3.47. The molecule has 0 radical (unpaired) electrons. The fourth-order valence-corrected chi connectivity index (χ4v) is 2.29. The normalized spacial score (nSPS) is 11.6. The van der Waals surface area contributed by atoms with Crippen LogP contribution < -0.4 is 10.6 Å². The molecule has 1 aromatic carbocycles. The number of hydrogen-bond donors (Lipinski definition) is 2. The van der Waals surface area contributed by atoms with Crippen LogP contribution in [0.3, 0.4) is 0 Å². The molecule has 5 heteroatoms. The van der Waals surface area contributed by atoms with Crippen molar-refractivity contribution in [2.45, 2.75) is 26.7 Å². The Bertz CT molecular complexity index is 475. The lowest BCUT2D eigenvalue weighted by Crippen LogP contribution is -2.39. The molecule has 0 unspecified atom stereocenters. The van der Waals surface area contributed by atoms with Gasteiger partial charge in [-0.05, 0) is 37.8 Å². The highest BCUT2D eigenvalue weighted by atomic mass is 16.5. The summed E-state index contributed by atoms with van der Waals surface area (Å²) in [5.41, 5.74) is 4.04. The summed E-state index contributed by atoms with van der Waals surface area (Å²) < 4.78 is 10.4. The third kappa shape index (κ3) is 8.57.